The highest BCUT2D eigenvalue weighted by atomic mass is 32.1. The van der Waals surface area contributed by atoms with Crippen LogP contribution in [0.2, 0.25) is 0 Å². The summed E-state index contributed by atoms with van der Waals surface area (Å²) in [5.74, 6) is -1.14. The normalized spacial score (nSPS) is 11.9. The second-order valence-electron chi connectivity index (χ2n) is 4.56. The minimum atomic E-state index is -2.62. The second-order valence-corrected chi connectivity index (χ2v) is 5.61. The summed E-state index contributed by atoms with van der Waals surface area (Å²) in [6.07, 6.45) is -2.62. The standard InChI is InChI=1S/C11H14F2O3S/c1-11(2,3)7-4-6(16-5-8(12)13)9(17-7)10(14)15/h4,8H,5H2,1-3H3,(H,14,15). The number of aromatic carboxylic acids is 1. The zero-order chi connectivity index (χ0) is 13.2. The Kier molecular flexibility index (Phi) is 4.08. The fourth-order valence-electron chi connectivity index (χ4n) is 1.15. The maximum Gasteiger partial charge on any atom is 0.349 e. The first kappa shape index (κ1) is 13.9. The molecule has 96 valence electrons. The first-order valence-electron chi connectivity index (χ1n) is 5.00. The van der Waals surface area contributed by atoms with Crippen LogP contribution in [0, 0.1) is 0 Å². The van der Waals surface area contributed by atoms with Crippen LogP contribution in [0.25, 0.3) is 0 Å². The number of halogens is 2. The molecule has 1 aromatic rings. The van der Waals surface area contributed by atoms with Gasteiger partial charge >= 0.3 is 5.97 Å². The third-order valence-electron chi connectivity index (χ3n) is 2.00. The lowest BCUT2D eigenvalue weighted by atomic mass is 9.95. The van der Waals surface area contributed by atoms with E-state index in [1.807, 2.05) is 20.8 Å². The molecule has 0 aromatic carbocycles. The van der Waals surface area contributed by atoms with Crippen molar-refractivity contribution in [3.63, 3.8) is 0 Å². The van der Waals surface area contributed by atoms with Crippen molar-refractivity contribution in [1.29, 1.82) is 0 Å². The van der Waals surface area contributed by atoms with Crippen LogP contribution in [0.1, 0.15) is 35.3 Å². The molecule has 6 heteroatoms. The first-order chi connectivity index (χ1) is 7.71. The summed E-state index contributed by atoms with van der Waals surface area (Å²) in [5, 5.41) is 8.95. The number of ether oxygens (including phenoxy) is 1. The molecule has 0 unspecified atom stereocenters. The van der Waals surface area contributed by atoms with Crippen molar-refractivity contribution in [3.05, 3.63) is 15.8 Å². The molecule has 1 N–H and O–H groups in total. The summed E-state index contributed by atoms with van der Waals surface area (Å²) in [7, 11) is 0. The predicted molar refractivity (Wildman–Crippen MR) is 61.5 cm³/mol. The Hall–Kier alpha value is -1.17. The Labute approximate surface area is 102 Å². The molecule has 0 bridgehead atoms. The molecular weight excluding hydrogens is 250 g/mol. The van der Waals surface area contributed by atoms with Gasteiger partial charge in [-0.2, -0.15) is 0 Å². The average Bonchev–Trinajstić information content (AvgIpc) is 2.57. The van der Waals surface area contributed by atoms with Gasteiger partial charge in [0.15, 0.2) is 4.88 Å². The van der Waals surface area contributed by atoms with Gasteiger partial charge in [-0.05, 0) is 11.5 Å². The van der Waals surface area contributed by atoms with Gasteiger partial charge < -0.3 is 9.84 Å². The van der Waals surface area contributed by atoms with Crippen LogP contribution in [0.15, 0.2) is 6.07 Å². The van der Waals surface area contributed by atoms with E-state index in [2.05, 4.69) is 0 Å². The van der Waals surface area contributed by atoms with E-state index >= 15 is 0 Å². The number of carboxylic acids is 1. The van der Waals surface area contributed by atoms with Crippen molar-refractivity contribution in [3.8, 4) is 5.75 Å². The van der Waals surface area contributed by atoms with Gasteiger partial charge in [-0.25, -0.2) is 13.6 Å². The minimum Gasteiger partial charge on any atom is -0.486 e. The molecule has 0 spiro atoms. The van der Waals surface area contributed by atoms with Crippen molar-refractivity contribution >= 4 is 17.3 Å². The van der Waals surface area contributed by atoms with Gasteiger partial charge in [-0.3, -0.25) is 0 Å². The van der Waals surface area contributed by atoms with E-state index in [1.165, 1.54) is 6.07 Å². The monoisotopic (exact) mass is 264 g/mol. The molecule has 0 atom stereocenters. The number of hydrogen-bond acceptors (Lipinski definition) is 3. The number of thiophene rings is 1. The van der Waals surface area contributed by atoms with Crippen molar-refractivity contribution in [2.75, 3.05) is 6.61 Å². The molecule has 0 radical (unpaired) electrons. The summed E-state index contributed by atoms with van der Waals surface area (Å²) in [5.41, 5.74) is -0.235. The van der Waals surface area contributed by atoms with Gasteiger partial charge in [0, 0.05) is 4.88 Å². The molecule has 0 saturated heterocycles. The molecule has 0 amide bonds. The van der Waals surface area contributed by atoms with Gasteiger partial charge in [0.05, 0.1) is 0 Å². The lowest BCUT2D eigenvalue weighted by Gasteiger charge is -2.14. The lowest BCUT2D eigenvalue weighted by molar-refractivity contribution is 0.0671. The van der Waals surface area contributed by atoms with E-state index in [9.17, 15) is 13.6 Å². The van der Waals surface area contributed by atoms with E-state index in [0.717, 1.165) is 16.2 Å². The highest BCUT2D eigenvalue weighted by Crippen LogP contribution is 2.36. The van der Waals surface area contributed by atoms with Crippen molar-refractivity contribution in [2.24, 2.45) is 0 Å². The van der Waals surface area contributed by atoms with E-state index in [1.54, 1.807) is 0 Å². The largest absolute Gasteiger partial charge is 0.486 e. The van der Waals surface area contributed by atoms with Crippen LogP contribution in [-0.4, -0.2) is 24.1 Å². The Bertz CT molecular complexity index is 407. The fourth-order valence-corrected chi connectivity index (χ4v) is 2.15. The third kappa shape index (κ3) is 3.66. The van der Waals surface area contributed by atoms with E-state index in [4.69, 9.17) is 9.84 Å². The Balaban J connectivity index is 3.02. The first-order valence-corrected chi connectivity index (χ1v) is 5.82. The van der Waals surface area contributed by atoms with Gasteiger partial charge in [-0.1, -0.05) is 20.8 Å². The van der Waals surface area contributed by atoms with Crippen molar-refractivity contribution in [1.82, 2.24) is 0 Å². The quantitative estimate of drug-likeness (QED) is 0.906. The maximum absolute atomic E-state index is 12.0. The lowest BCUT2D eigenvalue weighted by Crippen LogP contribution is -2.09. The average molecular weight is 264 g/mol. The molecule has 1 heterocycles. The SMILES string of the molecule is CC(C)(C)c1cc(OCC(F)F)c(C(=O)O)s1. The van der Waals surface area contributed by atoms with Crippen molar-refractivity contribution < 1.29 is 23.4 Å². The predicted octanol–water partition coefficient (Wildman–Crippen LogP) is 3.39. The van der Waals surface area contributed by atoms with Crippen LogP contribution in [0.4, 0.5) is 8.78 Å². The van der Waals surface area contributed by atoms with Crippen LogP contribution < -0.4 is 4.74 Å². The third-order valence-corrected chi connectivity index (χ3v) is 3.53. The van der Waals surface area contributed by atoms with Gasteiger partial charge in [0.2, 0.25) is 0 Å². The number of hydrogen-bond donors (Lipinski definition) is 1. The van der Waals surface area contributed by atoms with Crippen LogP contribution in [0.3, 0.4) is 0 Å². The summed E-state index contributed by atoms with van der Waals surface area (Å²) in [6, 6.07) is 1.52. The van der Waals surface area contributed by atoms with Gasteiger partial charge in [0.25, 0.3) is 6.43 Å². The molecule has 0 aliphatic heterocycles. The second kappa shape index (κ2) is 5.00. The molecule has 1 aromatic heterocycles. The van der Waals surface area contributed by atoms with E-state index < -0.39 is 19.0 Å². The Morgan fingerprint density at radius 3 is 2.53 bits per heavy atom. The minimum absolute atomic E-state index is 0.0210. The highest BCUT2D eigenvalue weighted by molar-refractivity contribution is 7.14. The molecule has 17 heavy (non-hydrogen) atoms. The molecule has 3 nitrogen and oxygen atoms in total. The summed E-state index contributed by atoms with van der Waals surface area (Å²) in [6.45, 7) is 4.96. The summed E-state index contributed by atoms with van der Waals surface area (Å²) in [4.78, 5) is 11.7. The van der Waals surface area contributed by atoms with Crippen LogP contribution in [-0.2, 0) is 5.41 Å². The molecule has 0 fully saturated rings. The number of carboxylic acid groups (broad SMARTS) is 1. The van der Waals surface area contributed by atoms with E-state index in [0.29, 0.717) is 0 Å². The Morgan fingerprint density at radius 1 is 1.53 bits per heavy atom. The van der Waals surface area contributed by atoms with Gasteiger partial charge in [-0.15, -0.1) is 11.3 Å². The Morgan fingerprint density at radius 2 is 2.12 bits per heavy atom. The molecule has 0 aliphatic rings. The number of rotatable bonds is 4. The van der Waals surface area contributed by atoms with Crippen LogP contribution in [0.5, 0.6) is 5.75 Å². The molecule has 1 rings (SSSR count). The number of alkyl halides is 2. The zero-order valence-corrected chi connectivity index (χ0v) is 10.6. The van der Waals surface area contributed by atoms with Crippen LogP contribution >= 0.6 is 11.3 Å². The zero-order valence-electron chi connectivity index (χ0n) is 9.79. The highest BCUT2D eigenvalue weighted by Gasteiger charge is 2.24. The fraction of sp³-hybridized carbons (Fsp3) is 0.545. The maximum atomic E-state index is 12.0. The molecule has 0 aliphatic carbocycles. The summed E-state index contributed by atoms with van der Waals surface area (Å²) < 4.78 is 28.9. The molecular formula is C11H14F2O3S. The molecule has 0 saturated carbocycles. The smallest absolute Gasteiger partial charge is 0.349 e. The topological polar surface area (TPSA) is 46.5 Å². The van der Waals surface area contributed by atoms with Crippen molar-refractivity contribution in [2.45, 2.75) is 32.6 Å². The van der Waals surface area contributed by atoms with Gasteiger partial charge in [0.1, 0.15) is 12.4 Å². The number of carbonyl (C=O) groups is 1. The summed E-state index contributed by atoms with van der Waals surface area (Å²) >= 11 is 1.06. The van der Waals surface area contributed by atoms with E-state index in [-0.39, 0.29) is 16.0 Å².